The standard InChI is InChI=1S/C19H22N2O4/c1-24-16-6-4-15(5-7-16)17(22)13-20-8-10-21(11-9-20)14-18(23)19-3-2-12-25-19/h2-7,12H,8-11,13-14H2,1H3. The molecule has 1 aliphatic rings. The molecule has 0 N–H and O–H groups in total. The second-order valence-electron chi connectivity index (χ2n) is 6.10. The fraction of sp³-hybridized carbons (Fsp3) is 0.368. The van der Waals surface area contributed by atoms with Crippen molar-refractivity contribution in [3.63, 3.8) is 0 Å². The first-order chi connectivity index (χ1) is 12.2. The monoisotopic (exact) mass is 342 g/mol. The van der Waals surface area contributed by atoms with Crippen LogP contribution in [-0.2, 0) is 0 Å². The van der Waals surface area contributed by atoms with E-state index in [-0.39, 0.29) is 11.6 Å². The number of piperazine rings is 1. The van der Waals surface area contributed by atoms with Crippen molar-refractivity contribution in [1.82, 2.24) is 9.80 Å². The molecule has 0 aliphatic carbocycles. The van der Waals surface area contributed by atoms with Gasteiger partial charge in [0.1, 0.15) is 5.75 Å². The number of benzene rings is 1. The Balaban J connectivity index is 1.45. The van der Waals surface area contributed by atoms with Gasteiger partial charge in [0.05, 0.1) is 26.5 Å². The number of carbonyl (C=O) groups excluding carboxylic acids is 2. The van der Waals surface area contributed by atoms with E-state index in [1.807, 2.05) is 0 Å². The van der Waals surface area contributed by atoms with Crippen molar-refractivity contribution in [3.05, 3.63) is 54.0 Å². The molecule has 1 fully saturated rings. The number of rotatable bonds is 7. The maximum atomic E-state index is 12.4. The van der Waals surface area contributed by atoms with Crippen LogP contribution in [0.25, 0.3) is 0 Å². The molecule has 6 nitrogen and oxygen atoms in total. The van der Waals surface area contributed by atoms with Crippen LogP contribution in [-0.4, -0.2) is 67.7 Å². The predicted octanol–water partition coefficient (Wildman–Crippen LogP) is 1.97. The third-order valence-corrected chi connectivity index (χ3v) is 4.41. The molecule has 25 heavy (non-hydrogen) atoms. The molecule has 6 heteroatoms. The van der Waals surface area contributed by atoms with Gasteiger partial charge >= 0.3 is 0 Å². The lowest BCUT2D eigenvalue weighted by atomic mass is 10.1. The zero-order valence-electron chi connectivity index (χ0n) is 14.3. The van der Waals surface area contributed by atoms with Crippen molar-refractivity contribution in [3.8, 4) is 5.75 Å². The lowest BCUT2D eigenvalue weighted by Crippen LogP contribution is -2.49. The minimum absolute atomic E-state index is 0.00670. The Hall–Kier alpha value is -2.44. The van der Waals surface area contributed by atoms with Crippen LogP contribution in [0.3, 0.4) is 0 Å². The molecular formula is C19H22N2O4. The highest BCUT2D eigenvalue weighted by atomic mass is 16.5. The van der Waals surface area contributed by atoms with Crippen LogP contribution in [0.5, 0.6) is 5.75 Å². The van der Waals surface area contributed by atoms with Gasteiger partial charge in [0, 0.05) is 31.7 Å². The predicted molar refractivity (Wildman–Crippen MR) is 93.2 cm³/mol. The minimum Gasteiger partial charge on any atom is -0.497 e. The molecule has 2 aromatic rings. The highest BCUT2D eigenvalue weighted by molar-refractivity contribution is 5.97. The quantitative estimate of drug-likeness (QED) is 0.717. The first-order valence-electron chi connectivity index (χ1n) is 8.34. The SMILES string of the molecule is COc1ccc(C(=O)CN2CCN(CC(=O)c3ccco3)CC2)cc1. The van der Waals surface area contributed by atoms with Gasteiger partial charge in [-0.05, 0) is 36.4 Å². The Labute approximate surface area is 147 Å². The van der Waals surface area contributed by atoms with Crippen molar-refractivity contribution in [2.24, 2.45) is 0 Å². The fourth-order valence-electron chi connectivity index (χ4n) is 2.90. The number of hydrogen-bond donors (Lipinski definition) is 0. The lowest BCUT2D eigenvalue weighted by Gasteiger charge is -2.33. The third kappa shape index (κ3) is 4.55. The van der Waals surface area contributed by atoms with Crippen LogP contribution in [0.15, 0.2) is 47.1 Å². The number of furan rings is 1. The smallest absolute Gasteiger partial charge is 0.211 e. The Bertz CT molecular complexity index is 702. The summed E-state index contributed by atoms with van der Waals surface area (Å²) in [5.41, 5.74) is 0.691. The van der Waals surface area contributed by atoms with E-state index in [9.17, 15) is 9.59 Å². The van der Waals surface area contributed by atoms with E-state index in [1.54, 1.807) is 43.5 Å². The second-order valence-corrected chi connectivity index (χ2v) is 6.10. The van der Waals surface area contributed by atoms with Gasteiger partial charge in [0.2, 0.25) is 5.78 Å². The molecule has 1 saturated heterocycles. The van der Waals surface area contributed by atoms with Crippen LogP contribution >= 0.6 is 0 Å². The van der Waals surface area contributed by atoms with E-state index in [2.05, 4.69) is 9.80 Å². The van der Waals surface area contributed by atoms with Gasteiger partial charge in [-0.1, -0.05) is 0 Å². The maximum absolute atomic E-state index is 12.4. The summed E-state index contributed by atoms with van der Waals surface area (Å²) in [6, 6.07) is 10.6. The molecule has 0 bridgehead atoms. The second kappa shape index (κ2) is 8.09. The zero-order valence-corrected chi connectivity index (χ0v) is 14.3. The van der Waals surface area contributed by atoms with E-state index < -0.39 is 0 Å². The molecule has 1 aromatic heterocycles. The molecule has 0 saturated carbocycles. The van der Waals surface area contributed by atoms with Crippen LogP contribution in [0.1, 0.15) is 20.9 Å². The molecule has 0 radical (unpaired) electrons. The third-order valence-electron chi connectivity index (χ3n) is 4.41. The fourth-order valence-corrected chi connectivity index (χ4v) is 2.90. The summed E-state index contributed by atoms with van der Waals surface area (Å²) in [4.78, 5) is 28.6. The first kappa shape index (κ1) is 17.4. The van der Waals surface area contributed by atoms with Gasteiger partial charge in [0.15, 0.2) is 11.5 Å². The zero-order chi connectivity index (χ0) is 17.6. The number of hydrogen-bond acceptors (Lipinski definition) is 6. The number of methoxy groups -OCH3 is 1. The van der Waals surface area contributed by atoms with E-state index in [4.69, 9.17) is 9.15 Å². The topological polar surface area (TPSA) is 63.0 Å². The Morgan fingerprint density at radius 1 is 0.960 bits per heavy atom. The molecule has 0 amide bonds. The van der Waals surface area contributed by atoms with Gasteiger partial charge in [-0.3, -0.25) is 19.4 Å². The normalized spacial score (nSPS) is 15.9. The summed E-state index contributed by atoms with van der Waals surface area (Å²) in [7, 11) is 1.60. The summed E-state index contributed by atoms with van der Waals surface area (Å²) in [6.45, 7) is 3.82. The molecule has 2 heterocycles. The molecule has 0 unspecified atom stereocenters. The van der Waals surface area contributed by atoms with Crippen molar-refractivity contribution in [1.29, 1.82) is 0 Å². The van der Waals surface area contributed by atoms with Crippen molar-refractivity contribution < 1.29 is 18.7 Å². The first-order valence-corrected chi connectivity index (χ1v) is 8.34. The van der Waals surface area contributed by atoms with Crippen LogP contribution in [0, 0.1) is 0 Å². The molecule has 1 aromatic carbocycles. The van der Waals surface area contributed by atoms with Gasteiger partial charge in [-0.25, -0.2) is 0 Å². The Morgan fingerprint density at radius 2 is 1.56 bits per heavy atom. The summed E-state index contributed by atoms with van der Waals surface area (Å²) in [6.07, 6.45) is 1.51. The summed E-state index contributed by atoms with van der Waals surface area (Å²) in [5, 5.41) is 0. The van der Waals surface area contributed by atoms with Crippen LogP contribution < -0.4 is 4.74 Å². The van der Waals surface area contributed by atoms with Crippen molar-refractivity contribution in [2.75, 3.05) is 46.4 Å². The number of ketones is 2. The molecule has 1 aliphatic heterocycles. The Kier molecular flexibility index (Phi) is 5.63. The van der Waals surface area contributed by atoms with Gasteiger partial charge < -0.3 is 9.15 Å². The largest absolute Gasteiger partial charge is 0.497 e. The van der Waals surface area contributed by atoms with E-state index in [0.29, 0.717) is 24.4 Å². The molecule has 3 rings (SSSR count). The van der Waals surface area contributed by atoms with E-state index in [0.717, 1.165) is 31.9 Å². The Morgan fingerprint density at radius 3 is 2.08 bits per heavy atom. The average Bonchev–Trinajstić information content (AvgIpc) is 3.18. The summed E-state index contributed by atoms with van der Waals surface area (Å²) in [5.74, 6) is 1.24. The lowest BCUT2D eigenvalue weighted by molar-refractivity contribution is 0.0769. The van der Waals surface area contributed by atoms with E-state index >= 15 is 0 Å². The summed E-state index contributed by atoms with van der Waals surface area (Å²) >= 11 is 0. The molecule has 132 valence electrons. The number of nitrogens with zero attached hydrogens (tertiary/aromatic N) is 2. The maximum Gasteiger partial charge on any atom is 0.211 e. The van der Waals surface area contributed by atoms with Gasteiger partial charge in [-0.15, -0.1) is 0 Å². The molecule has 0 spiro atoms. The van der Waals surface area contributed by atoms with Crippen molar-refractivity contribution in [2.45, 2.75) is 0 Å². The number of ether oxygens (including phenoxy) is 1. The van der Waals surface area contributed by atoms with Crippen LogP contribution in [0.4, 0.5) is 0 Å². The van der Waals surface area contributed by atoms with E-state index in [1.165, 1.54) is 6.26 Å². The molecule has 0 atom stereocenters. The highest BCUT2D eigenvalue weighted by Gasteiger charge is 2.22. The van der Waals surface area contributed by atoms with Crippen molar-refractivity contribution >= 4 is 11.6 Å². The average molecular weight is 342 g/mol. The van der Waals surface area contributed by atoms with Gasteiger partial charge in [0.25, 0.3) is 0 Å². The number of carbonyl (C=O) groups is 2. The summed E-state index contributed by atoms with van der Waals surface area (Å²) < 4.78 is 10.2. The van der Waals surface area contributed by atoms with Crippen LogP contribution in [0.2, 0.25) is 0 Å². The van der Waals surface area contributed by atoms with Gasteiger partial charge in [-0.2, -0.15) is 0 Å². The highest BCUT2D eigenvalue weighted by Crippen LogP contribution is 2.13. The minimum atomic E-state index is -0.00670. The number of Topliss-reactive ketones (excluding diaryl/α,β-unsaturated/α-hetero) is 2. The molecular weight excluding hydrogens is 320 g/mol.